The van der Waals surface area contributed by atoms with Crippen LogP contribution in [0.5, 0.6) is 0 Å². The fourth-order valence-electron chi connectivity index (χ4n) is 0.324. The van der Waals surface area contributed by atoms with Crippen LogP contribution in [0, 0.1) is 0 Å². The van der Waals surface area contributed by atoms with Gasteiger partial charge in [0.05, 0.1) is 6.61 Å². The van der Waals surface area contributed by atoms with E-state index in [0.29, 0.717) is 13.2 Å². The molecular weight excluding hydrogens is 122 g/mol. The Morgan fingerprint density at radius 3 is 2.67 bits per heavy atom. The number of methoxy groups -OCH3 is 1. The van der Waals surface area contributed by atoms with Crippen molar-refractivity contribution in [1.82, 2.24) is 4.90 Å². The minimum absolute atomic E-state index is 0.422. The Morgan fingerprint density at radius 2 is 2.33 bits per heavy atom. The van der Waals surface area contributed by atoms with Gasteiger partial charge in [0.15, 0.2) is 0 Å². The van der Waals surface area contributed by atoms with Crippen LogP contribution in [-0.2, 0) is 4.74 Å². The van der Waals surface area contributed by atoms with Crippen molar-refractivity contribution in [3.63, 3.8) is 0 Å². The van der Waals surface area contributed by atoms with E-state index in [1.165, 1.54) is 19.1 Å². The Bertz CT molecular complexity index is 94.2. The summed E-state index contributed by atoms with van der Waals surface area (Å²) in [4.78, 5) is 11.2. The average Bonchev–Trinajstić information content (AvgIpc) is 1.82. The molecule has 0 aromatic rings. The second-order valence-electron chi connectivity index (χ2n) is 1.70. The molecule has 0 aliphatic heterocycles. The van der Waals surface area contributed by atoms with Gasteiger partial charge in [0.1, 0.15) is 0 Å². The van der Waals surface area contributed by atoms with Gasteiger partial charge in [-0.2, -0.15) is 0 Å². The quantitative estimate of drug-likeness (QED) is 0.600. The van der Waals surface area contributed by atoms with Crippen molar-refractivity contribution < 1.29 is 14.6 Å². The van der Waals surface area contributed by atoms with E-state index in [1.54, 1.807) is 0 Å². The minimum atomic E-state index is -0.924. The number of hydrogen-bond acceptors (Lipinski definition) is 2. The van der Waals surface area contributed by atoms with Gasteiger partial charge < -0.3 is 14.7 Å². The van der Waals surface area contributed by atoms with Crippen LogP contribution in [0.2, 0.25) is 0 Å². The van der Waals surface area contributed by atoms with E-state index < -0.39 is 6.09 Å². The summed E-state index contributed by atoms with van der Waals surface area (Å²) in [7, 11) is 3.04. The van der Waals surface area contributed by atoms with Crippen molar-refractivity contribution in [2.24, 2.45) is 0 Å². The van der Waals surface area contributed by atoms with E-state index >= 15 is 0 Å². The molecule has 1 amide bonds. The third-order valence-electron chi connectivity index (χ3n) is 0.957. The zero-order valence-corrected chi connectivity index (χ0v) is 5.63. The molecule has 0 radical (unpaired) electrons. The van der Waals surface area contributed by atoms with E-state index in [0.717, 1.165) is 0 Å². The zero-order chi connectivity index (χ0) is 7.28. The van der Waals surface area contributed by atoms with E-state index in [2.05, 4.69) is 4.74 Å². The van der Waals surface area contributed by atoms with Crippen molar-refractivity contribution in [3.8, 4) is 0 Å². The Kier molecular flexibility index (Phi) is 3.79. The van der Waals surface area contributed by atoms with Gasteiger partial charge in [-0.15, -0.1) is 0 Å². The summed E-state index contributed by atoms with van der Waals surface area (Å²) in [5.74, 6) is 0. The first-order chi connectivity index (χ1) is 4.18. The first-order valence-corrected chi connectivity index (χ1v) is 2.61. The summed E-state index contributed by atoms with van der Waals surface area (Å²) < 4.78 is 4.66. The third kappa shape index (κ3) is 3.78. The molecule has 0 aromatic carbocycles. The molecule has 0 rings (SSSR count). The maximum atomic E-state index is 10.1. The highest BCUT2D eigenvalue weighted by Gasteiger charge is 2.01. The van der Waals surface area contributed by atoms with E-state index in [1.807, 2.05) is 0 Å². The van der Waals surface area contributed by atoms with Gasteiger partial charge in [0, 0.05) is 20.7 Å². The number of rotatable bonds is 3. The topological polar surface area (TPSA) is 49.8 Å². The predicted octanol–water partition coefficient (Wildman–Crippen LogP) is 0.243. The monoisotopic (exact) mass is 133 g/mol. The van der Waals surface area contributed by atoms with Crippen molar-refractivity contribution in [2.45, 2.75) is 0 Å². The number of nitrogens with zero attached hydrogens (tertiary/aromatic N) is 1. The summed E-state index contributed by atoms with van der Waals surface area (Å²) in [6.45, 7) is 0.870. The lowest BCUT2D eigenvalue weighted by Crippen LogP contribution is -2.27. The highest BCUT2D eigenvalue weighted by molar-refractivity contribution is 5.64. The Balaban J connectivity index is 3.27. The smallest absolute Gasteiger partial charge is 0.407 e. The Labute approximate surface area is 54.0 Å². The number of likely N-dealkylation sites (N-methyl/N-ethyl adjacent to an activating group) is 1. The molecule has 4 nitrogen and oxygen atoms in total. The number of amides is 1. The molecule has 0 aliphatic rings. The first-order valence-electron chi connectivity index (χ1n) is 2.61. The molecule has 4 heteroatoms. The molecule has 0 bridgehead atoms. The molecule has 0 fully saturated rings. The van der Waals surface area contributed by atoms with Crippen LogP contribution in [0.3, 0.4) is 0 Å². The van der Waals surface area contributed by atoms with Gasteiger partial charge >= 0.3 is 6.09 Å². The van der Waals surface area contributed by atoms with Gasteiger partial charge in [0.2, 0.25) is 0 Å². The molecule has 1 N–H and O–H groups in total. The van der Waals surface area contributed by atoms with Gasteiger partial charge in [-0.05, 0) is 0 Å². The average molecular weight is 133 g/mol. The lowest BCUT2D eigenvalue weighted by atomic mass is 10.6. The summed E-state index contributed by atoms with van der Waals surface area (Å²) in [6.07, 6.45) is -0.924. The summed E-state index contributed by atoms with van der Waals surface area (Å²) in [5.41, 5.74) is 0. The Hall–Kier alpha value is -0.770. The van der Waals surface area contributed by atoms with Gasteiger partial charge in [-0.1, -0.05) is 0 Å². The largest absolute Gasteiger partial charge is 0.465 e. The molecule has 0 spiro atoms. The summed E-state index contributed by atoms with van der Waals surface area (Å²) in [6, 6.07) is 0. The molecule has 0 atom stereocenters. The fraction of sp³-hybridized carbons (Fsp3) is 0.800. The fourth-order valence-corrected chi connectivity index (χ4v) is 0.324. The molecule has 0 aromatic heterocycles. The van der Waals surface area contributed by atoms with Crippen LogP contribution in [0.15, 0.2) is 0 Å². The van der Waals surface area contributed by atoms with Crippen molar-refractivity contribution in [1.29, 1.82) is 0 Å². The molecule has 0 unspecified atom stereocenters. The SMILES string of the molecule is COCCN(C)C(=O)O. The van der Waals surface area contributed by atoms with Gasteiger partial charge in [-0.25, -0.2) is 4.79 Å². The molecule has 0 saturated carbocycles. The maximum absolute atomic E-state index is 10.1. The molecule has 0 heterocycles. The summed E-state index contributed by atoms with van der Waals surface area (Å²) >= 11 is 0. The van der Waals surface area contributed by atoms with Gasteiger partial charge in [-0.3, -0.25) is 0 Å². The molecule has 9 heavy (non-hydrogen) atoms. The molecule has 0 saturated heterocycles. The third-order valence-corrected chi connectivity index (χ3v) is 0.957. The van der Waals surface area contributed by atoms with E-state index in [-0.39, 0.29) is 0 Å². The predicted molar refractivity (Wildman–Crippen MR) is 32.5 cm³/mol. The van der Waals surface area contributed by atoms with Crippen molar-refractivity contribution >= 4 is 6.09 Å². The second-order valence-corrected chi connectivity index (χ2v) is 1.70. The maximum Gasteiger partial charge on any atom is 0.407 e. The molecular formula is C5H11NO3. The number of carboxylic acid groups (broad SMARTS) is 1. The van der Waals surface area contributed by atoms with Gasteiger partial charge in [0.25, 0.3) is 0 Å². The summed E-state index contributed by atoms with van der Waals surface area (Å²) in [5, 5.41) is 8.28. The second kappa shape index (κ2) is 4.14. The number of carbonyl (C=O) groups is 1. The normalized spacial score (nSPS) is 9.11. The van der Waals surface area contributed by atoms with E-state index in [4.69, 9.17) is 5.11 Å². The van der Waals surface area contributed by atoms with Crippen LogP contribution in [0.1, 0.15) is 0 Å². The molecule has 0 aliphatic carbocycles. The lowest BCUT2D eigenvalue weighted by molar-refractivity contribution is 0.130. The first kappa shape index (κ1) is 8.23. The van der Waals surface area contributed by atoms with Crippen LogP contribution in [-0.4, -0.2) is 43.4 Å². The van der Waals surface area contributed by atoms with Crippen LogP contribution in [0.25, 0.3) is 0 Å². The van der Waals surface area contributed by atoms with Crippen LogP contribution >= 0.6 is 0 Å². The standard InChI is InChI=1S/C5H11NO3/c1-6(5(7)8)3-4-9-2/h3-4H2,1-2H3,(H,7,8). The van der Waals surface area contributed by atoms with Crippen LogP contribution in [0.4, 0.5) is 4.79 Å². The van der Waals surface area contributed by atoms with Crippen molar-refractivity contribution in [2.75, 3.05) is 27.3 Å². The van der Waals surface area contributed by atoms with Crippen molar-refractivity contribution in [3.05, 3.63) is 0 Å². The highest BCUT2D eigenvalue weighted by Crippen LogP contribution is 1.81. The highest BCUT2D eigenvalue weighted by atomic mass is 16.5. The lowest BCUT2D eigenvalue weighted by Gasteiger charge is -2.10. The molecule has 54 valence electrons. The number of hydrogen-bond donors (Lipinski definition) is 1. The minimum Gasteiger partial charge on any atom is -0.465 e. The van der Waals surface area contributed by atoms with Crippen LogP contribution < -0.4 is 0 Å². The number of ether oxygens (including phenoxy) is 1. The van der Waals surface area contributed by atoms with E-state index in [9.17, 15) is 4.79 Å². The zero-order valence-electron chi connectivity index (χ0n) is 5.63. The Morgan fingerprint density at radius 1 is 1.78 bits per heavy atom.